The number of halogens is 6. The van der Waals surface area contributed by atoms with Crippen molar-refractivity contribution >= 4 is 58.6 Å². The molecule has 0 saturated heterocycles. The highest BCUT2D eigenvalue weighted by atomic mass is 19.4. The van der Waals surface area contributed by atoms with Gasteiger partial charge in [-0.2, -0.15) is 26.3 Å². The molecule has 0 bridgehead atoms. The SMILES string of the molecule is COC(=O)C(OC(=O)C(C)N1Cc2ccc(-c3ccc(NC(=O)Nc4cccc(C(F)(F)F)c4)cc3)cc2C1=O)N1Cc2ccc(-c3ccc(NC(=O)Nc4cccc(C(F)(F)F)c4)cc3)cc2C1=O. The summed E-state index contributed by atoms with van der Waals surface area (Å²) >= 11 is 0. The fraction of sp³-hybridized carbons (Fsp3) is 0.160. The Morgan fingerprint density at radius 3 is 1.34 bits per heavy atom. The van der Waals surface area contributed by atoms with Crippen LogP contribution in [0.15, 0.2) is 133 Å². The number of methoxy groups -OCH3 is 1. The first-order chi connectivity index (χ1) is 33.2. The Hall–Kier alpha value is -8.68. The van der Waals surface area contributed by atoms with Gasteiger partial charge in [0, 0.05) is 40.4 Å². The fourth-order valence-electron chi connectivity index (χ4n) is 7.81. The molecule has 14 nitrogen and oxygen atoms in total. The van der Waals surface area contributed by atoms with Crippen LogP contribution in [0.4, 0.5) is 58.7 Å². The third-order valence-corrected chi connectivity index (χ3v) is 11.5. The van der Waals surface area contributed by atoms with Gasteiger partial charge in [0.15, 0.2) is 0 Å². The topological polar surface area (TPSA) is 175 Å². The van der Waals surface area contributed by atoms with Crippen molar-refractivity contribution in [1.29, 1.82) is 0 Å². The molecule has 2 unspecified atom stereocenters. The summed E-state index contributed by atoms with van der Waals surface area (Å²) in [6, 6.07) is 28.6. The lowest BCUT2D eigenvalue weighted by Gasteiger charge is -2.28. The van der Waals surface area contributed by atoms with E-state index in [-0.39, 0.29) is 30.0 Å². The second kappa shape index (κ2) is 19.1. The van der Waals surface area contributed by atoms with Gasteiger partial charge in [-0.25, -0.2) is 19.2 Å². The van der Waals surface area contributed by atoms with Crippen LogP contribution in [0.3, 0.4) is 0 Å². The minimum Gasteiger partial charge on any atom is -0.465 e. The number of rotatable bonds is 11. The minimum atomic E-state index is -4.58. The zero-order valence-corrected chi connectivity index (χ0v) is 36.7. The van der Waals surface area contributed by atoms with E-state index in [0.29, 0.717) is 50.3 Å². The summed E-state index contributed by atoms with van der Waals surface area (Å²) < 4.78 is 89.1. The van der Waals surface area contributed by atoms with Gasteiger partial charge >= 0.3 is 36.4 Å². The summed E-state index contributed by atoms with van der Waals surface area (Å²) in [5.74, 6) is -3.17. The molecule has 2 aliphatic heterocycles. The molecule has 0 aliphatic carbocycles. The summed E-state index contributed by atoms with van der Waals surface area (Å²) in [6.45, 7) is 1.33. The number of nitrogens with one attached hydrogen (secondary N) is 4. The third-order valence-electron chi connectivity index (χ3n) is 11.5. The lowest BCUT2D eigenvalue weighted by Crippen LogP contribution is -2.49. The van der Waals surface area contributed by atoms with Crippen LogP contribution in [0.5, 0.6) is 0 Å². The molecule has 0 radical (unpaired) electrons. The van der Waals surface area contributed by atoms with Crippen molar-refractivity contribution in [2.75, 3.05) is 28.4 Å². The van der Waals surface area contributed by atoms with Gasteiger partial charge in [-0.3, -0.25) is 14.5 Å². The summed E-state index contributed by atoms with van der Waals surface area (Å²) in [7, 11) is 1.07. The second-order valence-electron chi connectivity index (χ2n) is 16.1. The molecule has 2 aliphatic rings. The maximum absolute atomic E-state index is 13.9. The number of esters is 2. The molecule has 8 rings (SSSR count). The van der Waals surface area contributed by atoms with Gasteiger partial charge in [0.1, 0.15) is 6.04 Å². The zero-order chi connectivity index (χ0) is 50.1. The molecule has 2 heterocycles. The molecule has 70 heavy (non-hydrogen) atoms. The molecule has 358 valence electrons. The molecule has 6 amide bonds. The number of carbonyl (C=O) groups excluding carboxylic acids is 6. The molecule has 6 aromatic carbocycles. The summed E-state index contributed by atoms with van der Waals surface area (Å²) in [4.78, 5) is 81.8. The lowest BCUT2D eigenvalue weighted by molar-refractivity contribution is -0.179. The van der Waals surface area contributed by atoms with Gasteiger partial charge in [0.2, 0.25) is 0 Å². The van der Waals surface area contributed by atoms with Crippen molar-refractivity contribution in [1.82, 2.24) is 9.80 Å². The number of nitrogens with zero attached hydrogens (tertiary/aromatic N) is 2. The molecular weight excluding hydrogens is 927 g/mol. The minimum absolute atomic E-state index is 0.0262. The number of hydrogen-bond acceptors (Lipinski definition) is 8. The van der Waals surface area contributed by atoms with E-state index >= 15 is 0 Å². The first kappa shape index (κ1) is 47.8. The van der Waals surface area contributed by atoms with Gasteiger partial charge in [0.25, 0.3) is 18.0 Å². The second-order valence-corrected chi connectivity index (χ2v) is 16.1. The van der Waals surface area contributed by atoms with E-state index in [2.05, 4.69) is 21.3 Å². The molecule has 0 aromatic heterocycles. The smallest absolute Gasteiger partial charge is 0.416 e. The van der Waals surface area contributed by atoms with Crippen molar-refractivity contribution in [3.8, 4) is 22.3 Å². The standard InChI is InChI=1S/C50H38F6N6O8/c1-27(61-25-32-11-9-30(21-40(32)42(61)63)28-13-17-36(18-14-28)57-47(67)59-38-7-3-5-34(23-38)49(51,52)53)45(65)70-44(46(66)69-2)62-26-33-12-10-31(22-41(33)43(62)64)29-15-19-37(20-16-29)58-48(68)60-39-8-4-6-35(24-39)50(54,55)56/h3-24,27,44H,25-26H2,1-2H3,(H2,57,59,67)(H2,58,60,68). The van der Waals surface area contributed by atoms with Crippen LogP contribution < -0.4 is 21.3 Å². The highest BCUT2D eigenvalue weighted by molar-refractivity contribution is 6.04. The summed E-state index contributed by atoms with van der Waals surface area (Å²) in [6.07, 6.45) is -11.0. The van der Waals surface area contributed by atoms with Crippen molar-refractivity contribution < 1.29 is 64.6 Å². The predicted molar refractivity (Wildman–Crippen MR) is 243 cm³/mol. The average Bonchev–Trinajstić information content (AvgIpc) is 3.84. The van der Waals surface area contributed by atoms with Crippen molar-refractivity contribution in [3.05, 3.63) is 167 Å². The van der Waals surface area contributed by atoms with Crippen LogP contribution in [-0.2, 0) is 44.5 Å². The number of benzene rings is 6. The van der Waals surface area contributed by atoms with E-state index in [1.807, 2.05) is 0 Å². The molecule has 4 N–H and O–H groups in total. The Labute approximate surface area is 394 Å². The van der Waals surface area contributed by atoms with E-state index in [1.54, 1.807) is 84.9 Å². The molecule has 0 saturated carbocycles. The van der Waals surface area contributed by atoms with Crippen molar-refractivity contribution in [2.45, 2.75) is 44.6 Å². The number of carbonyl (C=O) groups is 6. The van der Waals surface area contributed by atoms with E-state index in [1.165, 1.54) is 36.1 Å². The highest BCUT2D eigenvalue weighted by Crippen LogP contribution is 2.35. The Morgan fingerprint density at radius 1 is 0.514 bits per heavy atom. The summed E-state index contributed by atoms with van der Waals surface area (Å²) in [5, 5.41) is 9.85. The molecule has 2 atom stereocenters. The maximum Gasteiger partial charge on any atom is 0.416 e. The van der Waals surface area contributed by atoms with Crippen molar-refractivity contribution in [2.24, 2.45) is 0 Å². The van der Waals surface area contributed by atoms with E-state index in [0.717, 1.165) is 36.3 Å². The van der Waals surface area contributed by atoms with Crippen LogP contribution in [0, 0.1) is 0 Å². The molecule has 20 heteroatoms. The number of amides is 6. The number of alkyl halides is 6. The number of fused-ring (bicyclic) bond motifs is 2. The number of hydrogen-bond donors (Lipinski definition) is 4. The quantitative estimate of drug-likeness (QED) is 0.0733. The lowest BCUT2D eigenvalue weighted by atomic mass is 10.0. The number of anilines is 4. The summed E-state index contributed by atoms with van der Waals surface area (Å²) in [5.41, 5.74) is 2.84. The Balaban J connectivity index is 0.877. The zero-order valence-electron chi connectivity index (χ0n) is 36.7. The molecular formula is C50H38F6N6O8. The van der Waals surface area contributed by atoms with Crippen LogP contribution in [0.1, 0.15) is 49.9 Å². The Kier molecular flexibility index (Phi) is 13.1. The van der Waals surface area contributed by atoms with Gasteiger partial charge in [-0.15, -0.1) is 0 Å². The molecule has 0 spiro atoms. The monoisotopic (exact) mass is 964 g/mol. The average molecular weight is 965 g/mol. The normalized spacial score (nSPS) is 14.0. The number of urea groups is 2. The van der Waals surface area contributed by atoms with Crippen molar-refractivity contribution in [3.63, 3.8) is 0 Å². The van der Waals surface area contributed by atoms with Crippen LogP contribution in [0.25, 0.3) is 22.3 Å². The first-order valence-corrected chi connectivity index (χ1v) is 21.1. The van der Waals surface area contributed by atoms with Gasteiger partial charge < -0.3 is 35.6 Å². The fourth-order valence-corrected chi connectivity index (χ4v) is 7.81. The van der Waals surface area contributed by atoms with E-state index < -0.39 is 71.6 Å². The Morgan fingerprint density at radius 2 is 0.914 bits per heavy atom. The molecule has 0 fully saturated rings. The van der Waals surface area contributed by atoms with Crippen LogP contribution in [-0.4, -0.2) is 65.0 Å². The van der Waals surface area contributed by atoms with Crippen LogP contribution >= 0.6 is 0 Å². The highest BCUT2D eigenvalue weighted by Gasteiger charge is 2.43. The number of ether oxygens (including phenoxy) is 2. The third kappa shape index (κ3) is 10.4. The maximum atomic E-state index is 13.9. The van der Waals surface area contributed by atoms with E-state index in [9.17, 15) is 55.1 Å². The predicted octanol–water partition coefficient (Wildman–Crippen LogP) is 10.4. The first-order valence-electron chi connectivity index (χ1n) is 21.1. The van der Waals surface area contributed by atoms with Crippen LogP contribution in [0.2, 0.25) is 0 Å². The van der Waals surface area contributed by atoms with Gasteiger partial charge in [-0.05, 0) is 113 Å². The van der Waals surface area contributed by atoms with E-state index in [4.69, 9.17) is 9.47 Å². The van der Waals surface area contributed by atoms with Gasteiger partial charge in [0.05, 0.1) is 24.8 Å². The Bertz CT molecular complexity index is 3050. The largest absolute Gasteiger partial charge is 0.465 e. The molecule has 6 aromatic rings. The van der Waals surface area contributed by atoms with Gasteiger partial charge in [-0.1, -0.05) is 60.7 Å².